The van der Waals surface area contributed by atoms with Crippen LogP contribution in [0.1, 0.15) is 31.3 Å². The molecule has 35 heavy (non-hydrogen) atoms. The van der Waals surface area contributed by atoms with Crippen LogP contribution in [-0.2, 0) is 0 Å². The summed E-state index contributed by atoms with van der Waals surface area (Å²) in [6.07, 6.45) is 0. The number of pyridine rings is 1. The first-order valence-corrected chi connectivity index (χ1v) is 11.7. The van der Waals surface area contributed by atoms with Crippen LogP contribution in [0.25, 0.3) is 33.5 Å². The van der Waals surface area contributed by atoms with E-state index in [2.05, 4.69) is 10.6 Å². The van der Waals surface area contributed by atoms with Gasteiger partial charge in [0.2, 0.25) is 11.5 Å². The second-order valence-electron chi connectivity index (χ2n) is 8.40. The number of urea groups is 1. The predicted octanol–water partition coefficient (Wildman–Crippen LogP) is 6.56. The maximum absolute atomic E-state index is 13.0. The molecule has 0 spiro atoms. The first-order chi connectivity index (χ1) is 16.6. The summed E-state index contributed by atoms with van der Waals surface area (Å²) in [5, 5.41) is 17.1. The summed E-state index contributed by atoms with van der Waals surface area (Å²) in [6.45, 7) is 4.84. The van der Waals surface area contributed by atoms with Gasteiger partial charge in [0, 0.05) is 27.7 Å². The minimum absolute atomic E-state index is 0.108. The zero-order valence-corrected chi connectivity index (χ0v) is 20.8. The van der Waals surface area contributed by atoms with Crippen LogP contribution in [0, 0.1) is 0 Å². The second-order valence-corrected chi connectivity index (χ2v) is 9.25. The Balaban J connectivity index is 2.04. The van der Waals surface area contributed by atoms with Gasteiger partial charge in [0.05, 0.1) is 11.1 Å². The maximum Gasteiger partial charge on any atom is 0.319 e. The van der Waals surface area contributed by atoms with Gasteiger partial charge in [-0.05, 0) is 50.6 Å². The molecule has 0 bridgehead atoms. The number of halogens is 2. The van der Waals surface area contributed by atoms with Crippen LogP contribution in [0.15, 0.2) is 59.0 Å². The van der Waals surface area contributed by atoms with Crippen LogP contribution in [0.5, 0.6) is 0 Å². The molecule has 2 aromatic carbocycles. The molecule has 0 aliphatic carbocycles. The number of anilines is 1. The number of carbonyl (C=O) groups excluding carboxylic acids is 2. The molecule has 0 saturated carbocycles. The van der Waals surface area contributed by atoms with Gasteiger partial charge in [-0.25, -0.2) is 9.78 Å². The molecule has 9 heteroatoms. The summed E-state index contributed by atoms with van der Waals surface area (Å²) >= 11 is 12.6. The second kappa shape index (κ2) is 9.70. The lowest BCUT2D eigenvalue weighted by atomic mass is 9.97. The molecule has 0 atom stereocenters. The van der Waals surface area contributed by atoms with E-state index in [-0.39, 0.29) is 17.2 Å². The van der Waals surface area contributed by atoms with Crippen molar-refractivity contribution >= 4 is 51.8 Å². The van der Waals surface area contributed by atoms with Crippen molar-refractivity contribution in [2.45, 2.75) is 26.4 Å². The van der Waals surface area contributed by atoms with Crippen molar-refractivity contribution in [2.75, 3.05) is 11.9 Å². The highest BCUT2D eigenvalue weighted by Crippen LogP contribution is 2.41. The molecule has 2 amide bonds. The van der Waals surface area contributed by atoms with Crippen molar-refractivity contribution in [1.82, 2.24) is 10.3 Å². The number of aliphatic hydroxyl groups is 1. The van der Waals surface area contributed by atoms with Gasteiger partial charge in [-0.2, -0.15) is 0 Å². The van der Waals surface area contributed by atoms with E-state index in [1.54, 1.807) is 31.2 Å². The topological polar surface area (TPSA) is 104 Å². The Morgan fingerprint density at radius 2 is 1.74 bits per heavy atom. The molecule has 4 rings (SSSR count). The largest absolute Gasteiger partial charge is 0.432 e. The number of furan rings is 1. The smallest absolute Gasteiger partial charge is 0.319 e. The van der Waals surface area contributed by atoms with Crippen LogP contribution < -0.4 is 10.6 Å². The van der Waals surface area contributed by atoms with Crippen molar-refractivity contribution in [3.8, 4) is 22.4 Å². The summed E-state index contributed by atoms with van der Waals surface area (Å²) < 4.78 is 5.85. The molecule has 0 fully saturated rings. The number of Topliss-reactive ketones (excluding diaryl/α,β-unsaturated/α-hetero) is 1. The van der Waals surface area contributed by atoms with E-state index in [1.165, 1.54) is 13.8 Å². The standard InChI is InChI=1S/C26H23Cl2N3O4/c1-4-29-25(33)31-21-18-13-17(14-9-11-15(27)12-10-14)20(16-7-5-6-8-19(16)28)30-24(18)35-22(21)23(32)26(2,3)34/h5-13,34H,4H2,1-3H3,(H2,29,31,33). The van der Waals surface area contributed by atoms with Crippen LogP contribution in [-0.4, -0.2) is 34.1 Å². The van der Waals surface area contributed by atoms with E-state index < -0.39 is 17.4 Å². The highest BCUT2D eigenvalue weighted by Gasteiger charge is 2.33. The Morgan fingerprint density at radius 3 is 2.37 bits per heavy atom. The lowest BCUT2D eigenvalue weighted by Crippen LogP contribution is -2.33. The molecule has 7 nitrogen and oxygen atoms in total. The SMILES string of the molecule is CCNC(=O)Nc1c(C(=O)C(C)(C)O)oc2nc(-c3ccccc3Cl)c(-c3ccc(Cl)cc3)cc12. The summed E-state index contributed by atoms with van der Waals surface area (Å²) in [5.74, 6) is -0.903. The fourth-order valence-electron chi connectivity index (χ4n) is 3.61. The Bertz CT molecular complexity index is 1420. The van der Waals surface area contributed by atoms with Gasteiger partial charge in [0.1, 0.15) is 11.3 Å². The molecule has 2 aromatic heterocycles. The highest BCUT2D eigenvalue weighted by molar-refractivity contribution is 6.33. The number of hydrogen-bond acceptors (Lipinski definition) is 5. The van der Waals surface area contributed by atoms with Gasteiger partial charge < -0.3 is 20.2 Å². The van der Waals surface area contributed by atoms with Crippen molar-refractivity contribution in [2.24, 2.45) is 0 Å². The number of ketones is 1. The monoisotopic (exact) mass is 511 g/mol. The normalized spacial score (nSPS) is 11.5. The van der Waals surface area contributed by atoms with Crippen molar-refractivity contribution < 1.29 is 19.1 Å². The van der Waals surface area contributed by atoms with Gasteiger partial charge in [0.25, 0.3) is 0 Å². The third-order valence-corrected chi connectivity index (χ3v) is 5.89. The highest BCUT2D eigenvalue weighted by atomic mass is 35.5. The lowest BCUT2D eigenvalue weighted by Gasteiger charge is -2.15. The predicted molar refractivity (Wildman–Crippen MR) is 138 cm³/mol. The molecule has 4 aromatic rings. The van der Waals surface area contributed by atoms with E-state index in [9.17, 15) is 14.7 Å². The molecular weight excluding hydrogens is 489 g/mol. The molecular formula is C26H23Cl2N3O4. The quantitative estimate of drug-likeness (QED) is 0.254. The maximum atomic E-state index is 13.0. The van der Waals surface area contributed by atoms with Gasteiger partial charge >= 0.3 is 6.03 Å². The molecule has 0 radical (unpaired) electrons. The average Bonchev–Trinajstić information content (AvgIpc) is 3.15. The Morgan fingerprint density at radius 1 is 1.06 bits per heavy atom. The van der Waals surface area contributed by atoms with Crippen molar-refractivity contribution in [3.05, 3.63) is 70.4 Å². The van der Waals surface area contributed by atoms with E-state index in [4.69, 9.17) is 32.6 Å². The average molecular weight is 512 g/mol. The zero-order valence-electron chi connectivity index (χ0n) is 19.3. The number of aromatic nitrogens is 1. The molecule has 0 unspecified atom stereocenters. The van der Waals surface area contributed by atoms with E-state index >= 15 is 0 Å². The first-order valence-electron chi connectivity index (χ1n) is 10.9. The number of hydrogen-bond donors (Lipinski definition) is 3. The lowest BCUT2D eigenvalue weighted by molar-refractivity contribution is 0.0462. The van der Waals surface area contributed by atoms with Crippen LogP contribution in [0.4, 0.5) is 10.5 Å². The van der Waals surface area contributed by atoms with Crippen molar-refractivity contribution in [1.29, 1.82) is 0 Å². The fourth-order valence-corrected chi connectivity index (χ4v) is 3.96. The molecule has 180 valence electrons. The van der Waals surface area contributed by atoms with Crippen LogP contribution in [0.3, 0.4) is 0 Å². The molecule has 3 N–H and O–H groups in total. The third kappa shape index (κ3) is 5.03. The number of benzene rings is 2. The van der Waals surface area contributed by atoms with Gasteiger partial charge in [0.15, 0.2) is 5.76 Å². The molecule has 0 aliphatic heterocycles. The Hall–Kier alpha value is -3.39. The van der Waals surface area contributed by atoms with E-state index in [1.807, 2.05) is 30.3 Å². The fraction of sp³-hybridized carbons (Fsp3) is 0.192. The summed E-state index contributed by atoms with van der Waals surface area (Å²) in [6, 6.07) is 15.7. The summed E-state index contributed by atoms with van der Waals surface area (Å²) in [4.78, 5) is 30.1. The molecule has 0 saturated heterocycles. The minimum atomic E-state index is -1.74. The number of nitrogens with one attached hydrogen (secondary N) is 2. The van der Waals surface area contributed by atoms with Gasteiger partial charge in [-0.15, -0.1) is 0 Å². The number of carbonyl (C=O) groups is 2. The van der Waals surface area contributed by atoms with Crippen LogP contribution in [0.2, 0.25) is 10.0 Å². The number of nitrogens with zero attached hydrogens (tertiary/aromatic N) is 1. The van der Waals surface area contributed by atoms with Crippen LogP contribution >= 0.6 is 23.2 Å². The van der Waals surface area contributed by atoms with Gasteiger partial charge in [-0.1, -0.05) is 53.5 Å². The minimum Gasteiger partial charge on any atom is -0.432 e. The summed E-state index contributed by atoms with van der Waals surface area (Å²) in [7, 11) is 0. The van der Waals surface area contributed by atoms with Gasteiger partial charge in [-0.3, -0.25) is 4.79 Å². The number of rotatable bonds is 6. The molecule has 2 heterocycles. The molecule has 0 aliphatic rings. The Labute approximate surface area is 212 Å². The Kier molecular flexibility index (Phi) is 6.85. The number of amides is 2. The number of fused-ring (bicyclic) bond motifs is 1. The zero-order chi connectivity index (χ0) is 25.3. The first kappa shape index (κ1) is 24.7. The third-order valence-electron chi connectivity index (χ3n) is 5.30. The van der Waals surface area contributed by atoms with E-state index in [0.29, 0.717) is 38.8 Å². The van der Waals surface area contributed by atoms with Crippen molar-refractivity contribution in [3.63, 3.8) is 0 Å². The summed E-state index contributed by atoms with van der Waals surface area (Å²) in [5.41, 5.74) is 1.14. The van der Waals surface area contributed by atoms with E-state index in [0.717, 1.165) is 5.56 Å².